The minimum atomic E-state index is -0.727. The second-order valence-corrected chi connectivity index (χ2v) is 4.48. The third-order valence-corrected chi connectivity index (χ3v) is 3.10. The fraction of sp³-hybridized carbons (Fsp3) is 0.364. The van der Waals surface area contributed by atoms with Crippen LogP contribution < -0.4 is 4.90 Å². The van der Waals surface area contributed by atoms with Crippen molar-refractivity contribution in [3.8, 4) is 0 Å². The van der Waals surface area contributed by atoms with Crippen molar-refractivity contribution in [2.45, 2.75) is 12.8 Å². The van der Waals surface area contributed by atoms with Gasteiger partial charge < -0.3 is 4.90 Å². The second kappa shape index (κ2) is 4.89. The molecule has 0 saturated carbocycles. The van der Waals surface area contributed by atoms with E-state index in [-0.39, 0.29) is 28.7 Å². The number of hydrogen-bond donors (Lipinski definition) is 0. The number of Topliss-reactive ketones (excluding diaryl/α,β-unsaturated/α-hetero) is 1. The first-order valence-electron chi connectivity index (χ1n) is 5.39. The van der Waals surface area contributed by atoms with Crippen molar-refractivity contribution < 1.29 is 14.1 Å². The first kappa shape index (κ1) is 12.8. The largest absolute Gasteiger partial charge is 0.359 e. The van der Waals surface area contributed by atoms with Gasteiger partial charge in [-0.3, -0.25) is 14.9 Å². The van der Waals surface area contributed by atoms with Crippen molar-refractivity contribution in [1.29, 1.82) is 0 Å². The molecule has 0 unspecified atom stereocenters. The Hall–Kier alpha value is -1.69. The van der Waals surface area contributed by atoms with Crippen LogP contribution in [0.2, 0.25) is 5.02 Å². The number of anilines is 1. The van der Waals surface area contributed by atoms with E-state index in [0.717, 1.165) is 12.1 Å². The van der Waals surface area contributed by atoms with Gasteiger partial charge in [-0.1, -0.05) is 11.6 Å². The van der Waals surface area contributed by atoms with Crippen molar-refractivity contribution in [2.24, 2.45) is 0 Å². The molecule has 7 heteroatoms. The Kier molecular flexibility index (Phi) is 3.47. The Morgan fingerprint density at radius 3 is 2.78 bits per heavy atom. The summed E-state index contributed by atoms with van der Waals surface area (Å²) in [4.78, 5) is 23.2. The zero-order chi connectivity index (χ0) is 13.3. The third-order valence-electron chi connectivity index (χ3n) is 2.81. The number of ketones is 1. The molecule has 0 aromatic heterocycles. The Morgan fingerprint density at radius 1 is 1.44 bits per heavy atom. The molecule has 0 radical (unpaired) electrons. The highest BCUT2D eigenvalue weighted by molar-refractivity contribution is 6.31. The summed E-state index contributed by atoms with van der Waals surface area (Å²) in [5.41, 5.74) is -0.175. The van der Waals surface area contributed by atoms with Crippen molar-refractivity contribution >= 4 is 28.8 Å². The summed E-state index contributed by atoms with van der Waals surface area (Å²) < 4.78 is 13.4. The highest BCUT2D eigenvalue weighted by Gasteiger charge is 2.26. The van der Waals surface area contributed by atoms with E-state index in [0.29, 0.717) is 19.4 Å². The van der Waals surface area contributed by atoms with Gasteiger partial charge in [0.2, 0.25) is 0 Å². The summed E-state index contributed by atoms with van der Waals surface area (Å²) in [6, 6.07) is 1.99. The number of hydrogen-bond acceptors (Lipinski definition) is 4. The van der Waals surface area contributed by atoms with Crippen LogP contribution in [0.5, 0.6) is 0 Å². The molecule has 0 N–H and O–H groups in total. The van der Waals surface area contributed by atoms with E-state index in [1.54, 1.807) is 0 Å². The number of nitro benzene ring substituents is 1. The van der Waals surface area contributed by atoms with Gasteiger partial charge in [0, 0.05) is 25.1 Å². The molecular formula is C11H10ClFN2O3. The van der Waals surface area contributed by atoms with Gasteiger partial charge in [-0.2, -0.15) is 0 Å². The number of benzene rings is 1. The molecule has 96 valence electrons. The lowest BCUT2D eigenvalue weighted by Crippen LogP contribution is -2.36. The molecule has 1 aliphatic rings. The molecule has 5 nitrogen and oxygen atoms in total. The van der Waals surface area contributed by atoms with E-state index in [9.17, 15) is 19.3 Å². The fourth-order valence-electron chi connectivity index (χ4n) is 1.97. The van der Waals surface area contributed by atoms with Crippen molar-refractivity contribution in [3.05, 3.63) is 33.1 Å². The minimum absolute atomic E-state index is 0.00842. The Labute approximate surface area is 107 Å². The zero-order valence-electron chi connectivity index (χ0n) is 9.36. The molecule has 1 saturated heterocycles. The van der Waals surface area contributed by atoms with Gasteiger partial charge in [-0.15, -0.1) is 0 Å². The number of carbonyl (C=O) groups excluding carboxylic acids is 1. The predicted molar refractivity (Wildman–Crippen MR) is 64.5 cm³/mol. The molecule has 1 heterocycles. The molecule has 0 aliphatic carbocycles. The summed E-state index contributed by atoms with van der Waals surface area (Å²) in [5.74, 6) is -0.735. The van der Waals surface area contributed by atoms with Crippen molar-refractivity contribution in [1.82, 2.24) is 0 Å². The molecule has 1 aliphatic heterocycles. The minimum Gasteiger partial charge on any atom is -0.359 e. The molecule has 1 aromatic carbocycles. The van der Waals surface area contributed by atoms with Crippen LogP contribution in [0.25, 0.3) is 0 Å². The van der Waals surface area contributed by atoms with Gasteiger partial charge in [0.1, 0.15) is 11.5 Å². The molecule has 0 atom stereocenters. The molecule has 2 rings (SSSR count). The number of rotatable bonds is 2. The third kappa shape index (κ3) is 2.43. The average molecular weight is 273 g/mol. The fourth-order valence-corrected chi connectivity index (χ4v) is 2.13. The molecule has 1 fully saturated rings. The van der Waals surface area contributed by atoms with Crippen LogP contribution in [0.15, 0.2) is 12.1 Å². The van der Waals surface area contributed by atoms with E-state index in [4.69, 9.17) is 11.6 Å². The van der Waals surface area contributed by atoms with E-state index < -0.39 is 10.7 Å². The maximum Gasteiger partial charge on any atom is 0.294 e. The van der Waals surface area contributed by atoms with Gasteiger partial charge in [-0.05, 0) is 6.42 Å². The first-order valence-corrected chi connectivity index (χ1v) is 5.77. The van der Waals surface area contributed by atoms with Crippen molar-refractivity contribution in [3.63, 3.8) is 0 Å². The van der Waals surface area contributed by atoms with E-state index >= 15 is 0 Å². The molecule has 0 bridgehead atoms. The quantitative estimate of drug-likeness (QED) is 0.613. The molecule has 0 spiro atoms. The highest BCUT2D eigenvalue weighted by Crippen LogP contribution is 2.34. The van der Waals surface area contributed by atoms with E-state index in [2.05, 4.69) is 0 Å². The molecule has 0 amide bonds. The van der Waals surface area contributed by atoms with Crippen LogP contribution in [-0.2, 0) is 4.79 Å². The first-order chi connectivity index (χ1) is 8.49. The van der Waals surface area contributed by atoms with Crippen LogP contribution in [0.3, 0.4) is 0 Å². The van der Waals surface area contributed by atoms with Gasteiger partial charge >= 0.3 is 0 Å². The van der Waals surface area contributed by atoms with E-state index in [1.165, 1.54) is 4.90 Å². The SMILES string of the molecule is O=C1CCCN(c2cc(F)c(Cl)cc2[N+](=O)[O-])C1. The lowest BCUT2D eigenvalue weighted by atomic mass is 10.1. The lowest BCUT2D eigenvalue weighted by Gasteiger charge is -2.27. The number of nitro groups is 1. The Bertz CT molecular complexity index is 521. The van der Waals surface area contributed by atoms with Crippen LogP contribution >= 0.6 is 11.6 Å². The maximum absolute atomic E-state index is 13.4. The Morgan fingerprint density at radius 2 is 2.17 bits per heavy atom. The smallest absolute Gasteiger partial charge is 0.294 e. The van der Waals surface area contributed by atoms with Crippen LogP contribution in [-0.4, -0.2) is 23.8 Å². The number of piperidine rings is 1. The molecule has 1 aromatic rings. The number of nitrogens with zero attached hydrogens (tertiary/aromatic N) is 2. The topological polar surface area (TPSA) is 63.5 Å². The van der Waals surface area contributed by atoms with Gasteiger partial charge in [0.25, 0.3) is 5.69 Å². The lowest BCUT2D eigenvalue weighted by molar-refractivity contribution is -0.384. The van der Waals surface area contributed by atoms with Gasteiger partial charge in [0.05, 0.1) is 16.5 Å². The average Bonchev–Trinajstić information content (AvgIpc) is 2.31. The van der Waals surface area contributed by atoms with Crippen molar-refractivity contribution in [2.75, 3.05) is 18.0 Å². The van der Waals surface area contributed by atoms with Crippen LogP contribution in [0, 0.1) is 15.9 Å². The summed E-state index contributed by atoms with van der Waals surface area (Å²) in [5, 5.41) is 10.6. The summed E-state index contributed by atoms with van der Waals surface area (Å²) in [6.07, 6.45) is 1.07. The van der Waals surface area contributed by atoms with Gasteiger partial charge in [0.15, 0.2) is 5.78 Å². The summed E-state index contributed by atoms with van der Waals surface area (Å²) in [6.45, 7) is 0.565. The number of carbonyl (C=O) groups is 1. The number of halogens is 2. The second-order valence-electron chi connectivity index (χ2n) is 4.08. The summed E-state index contributed by atoms with van der Waals surface area (Å²) >= 11 is 5.53. The van der Waals surface area contributed by atoms with Gasteiger partial charge in [-0.25, -0.2) is 4.39 Å². The molecule has 18 heavy (non-hydrogen) atoms. The standard InChI is InChI=1S/C11H10ClFN2O3/c12-8-4-11(15(17)18)10(5-9(8)13)14-3-1-2-7(16)6-14/h4-5H,1-3,6H2. The predicted octanol–water partition coefficient (Wildman–Crippen LogP) is 2.56. The van der Waals surface area contributed by atoms with Crippen LogP contribution in [0.4, 0.5) is 15.8 Å². The summed E-state index contributed by atoms with van der Waals surface area (Å²) in [7, 11) is 0. The Balaban J connectivity index is 2.44. The zero-order valence-corrected chi connectivity index (χ0v) is 10.1. The van der Waals surface area contributed by atoms with E-state index in [1.807, 2.05) is 0 Å². The monoisotopic (exact) mass is 272 g/mol. The normalized spacial score (nSPS) is 15.9. The van der Waals surface area contributed by atoms with Crippen LogP contribution in [0.1, 0.15) is 12.8 Å². The highest BCUT2D eigenvalue weighted by atomic mass is 35.5. The molecular weight excluding hydrogens is 263 g/mol. The maximum atomic E-state index is 13.4.